The van der Waals surface area contributed by atoms with Crippen LogP contribution < -0.4 is 0 Å². The summed E-state index contributed by atoms with van der Waals surface area (Å²) in [6.07, 6.45) is 4.94. The van der Waals surface area contributed by atoms with Crippen molar-refractivity contribution in [2.24, 2.45) is 5.92 Å². The highest BCUT2D eigenvalue weighted by atomic mass is 16.3. The normalized spacial score (nSPS) is 18.8. The van der Waals surface area contributed by atoms with Crippen LogP contribution in [0.1, 0.15) is 15.9 Å². The molecule has 2 aromatic heterocycles. The third-order valence-electron chi connectivity index (χ3n) is 5.72. The van der Waals surface area contributed by atoms with Crippen LogP contribution in [0.5, 0.6) is 0 Å². The first kappa shape index (κ1) is 18.4. The first-order valence-electron chi connectivity index (χ1n) is 9.94. The molecular weight excluding hydrogens is 378 g/mol. The van der Waals surface area contributed by atoms with Crippen molar-refractivity contribution in [1.29, 1.82) is 0 Å². The van der Waals surface area contributed by atoms with Crippen LogP contribution in [0.4, 0.5) is 0 Å². The molecule has 1 aliphatic rings. The molecule has 30 heavy (non-hydrogen) atoms. The molecule has 1 saturated heterocycles. The molecule has 1 amide bonds. The summed E-state index contributed by atoms with van der Waals surface area (Å²) in [5.74, 6) is -0.138. The predicted molar refractivity (Wildman–Crippen MR) is 112 cm³/mol. The van der Waals surface area contributed by atoms with Gasteiger partial charge in [-0.3, -0.25) is 9.78 Å². The Kier molecular flexibility index (Phi) is 4.72. The molecule has 1 aliphatic heterocycles. The molecule has 3 heterocycles. The topological polar surface area (TPSA) is 84.1 Å². The first-order valence-corrected chi connectivity index (χ1v) is 9.94. The van der Waals surface area contributed by atoms with E-state index in [0.29, 0.717) is 30.8 Å². The van der Waals surface area contributed by atoms with Gasteiger partial charge in [-0.2, -0.15) is 5.10 Å². The number of amides is 1. The lowest BCUT2D eigenvalue weighted by Gasteiger charge is -2.18. The summed E-state index contributed by atoms with van der Waals surface area (Å²) in [6, 6.07) is 17.3. The van der Waals surface area contributed by atoms with Gasteiger partial charge in [0.15, 0.2) is 0 Å². The summed E-state index contributed by atoms with van der Waals surface area (Å²) in [4.78, 5) is 23.4. The van der Waals surface area contributed by atoms with Crippen LogP contribution in [0.25, 0.3) is 16.6 Å². The van der Waals surface area contributed by atoms with Crippen LogP contribution in [0, 0.1) is 5.92 Å². The lowest BCUT2D eigenvalue weighted by molar-refractivity contribution is 0.0764. The number of hydrogen-bond acceptors (Lipinski definition) is 5. The number of β-amino-alcohol motifs (C(OH)–C–C–N with tert-alkyl or cyclic N) is 1. The number of rotatable bonds is 4. The van der Waals surface area contributed by atoms with Gasteiger partial charge in [-0.05, 0) is 36.2 Å². The van der Waals surface area contributed by atoms with Crippen molar-refractivity contribution in [1.82, 2.24) is 24.6 Å². The van der Waals surface area contributed by atoms with Crippen molar-refractivity contribution in [3.63, 3.8) is 0 Å². The molecular formula is C23H21N5O2. The number of aliphatic hydroxyl groups is 1. The highest BCUT2D eigenvalue weighted by Gasteiger charge is 2.35. The van der Waals surface area contributed by atoms with E-state index in [9.17, 15) is 9.90 Å². The second-order valence-electron chi connectivity index (χ2n) is 7.59. The zero-order valence-corrected chi connectivity index (χ0v) is 16.3. The zero-order chi connectivity index (χ0) is 20.5. The minimum absolute atomic E-state index is 0.0294. The minimum atomic E-state index is -0.570. The number of carbonyl (C=O) groups is 1. The molecule has 1 N–H and O–H groups in total. The number of pyridine rings is 1. The smallest absolute Gasteiger partial charge is 0.256 e. The maximum Gasteiger partial charge on any atom is 0.256 e. The van der Waals surface area contributed by atoms with E-state index in [1.807, 2.05) is 42.5 Å². The van der Waals surface area contributed by atoms with Crippen molar-refractivity contribution in [2.75, 3.05) is 13.1 Å². The van der Waals surface area contributed by atoms with E-state index in [1.165, 1.54) is 6.33 Å². The van der Waals surface area contributed by atoms with Crippen LogP contribution >= 0.6 is 0 Å². The van der Waals surface area contributed by atoms with Gasteiger partial charge < -0.3 is 10.0 Å². The number of aliphatic hydroxyl groups excluding tert-OH is 1. The van der Waals surface area contributed by atoms with Gasteiger partial charge in [0.25, 0.3) is 5.91 Å². The van der Waals surface area contributed by atoms with Gasteiger partial charge in [0.2, 0.25) is 0 Å². The van der Waals surface area contributed by atoms with Gasteiger partial charge in [0, 0.05) is 30.6 Å². The second kappa shape index (κ2) is 7.68. The fourth-order valence-corrected chi connectivity index (χ4v) is 4.19. The number of aromatic nitrogens is 4. The van der Waals surface area contributed by atoms with Crippen LogP contribution in [0.2, 0.25) is 0 Å². The van der Waals surface area contributed by atoms with E-state index in [0.717, 1.165) is 16.5 Å². The Bertz CT molecular complexity index is 1190. The Morgan fingerprint density at radius 2 is 1.90 bits per heavy atom. The SMILES string of the molecule is O=C(c1ccccc1-n1cncn1)N1C[C@@H](Cc2ccnc3ccccc23)[C@@H](O)C1. The van der Waals surface area contributed by atoms with E-state index in [-0.39, 0.29) is 11.8 Å². The largest absolute Gasteiger partial charge is 0.391 e. The Morgan fingerprint density at radius 1 is 1.07 bits per heavy atom. The number of likely N-dealkylation sites (tertiary alicyclic amines) is 1. The number of nitrogens with zero attached hydrogens (tertiary/aromatic N) is 5. The van der Waals surface area contributed by atoms with Gasteiger partial charge >= 0.3 is 0 Å². The molecule has 2 atom stereocenters. The first-order chi connectivity index (χ1) is 14.7. The van der Waals surface area contributed by atoms with Crippen LogP contribution in [0.3, 0.4) is 0 Å². The monoisotopic (exact) mass is 399 g/mol. The molecule has 1 fully saturated rings. The lowest BCUT2D eigenvalue weighted by Crippen LogP contribution is -2.30. The Morgan fingerprint density at radius 3 is 2.77 bits per heavy atom. The molecule has 0 spiro atoms. The summed E-state index contributed by atoms with van der Waals surface area (Å²) in [7, 11) is 0. The van der Waals surface area contributed by atoms with Crippen LogP contribution in [0.15, 0.2) is 73.4 Å². The molecule has 0 radical (unpaired) electrons. The average Bonchev–Trinajstić information content (AvgIpc) is 3.44. The fraction of sp³-hybridized carbons (Fsp3) is 0.217. The van der Waals surface area contributed by atoms with Crippen molar-refractivity contribution >= 4 is 16.8 Å². The molecule has 5 rings (SSSR count). The van der Waals surface area contributed by atoms with Crippen LogP contribution in [-0.4, -0.2) is 54.9 Å². The van der Waals surface area contributed by atoms with E-state index in [4.69, 9.17) is 0 Å². The molecule has 0 saturated carbocycles. The average molecular weight is 399 g/mol. The molecule has 7 nitrogen and oxygen atoms in total. The highest BCUT2D eigenvalue weighted by Crippen LogP contribution is 2.27. The maximum atomic E-state index is 13.3. The molecule has 150 valence electrons. The quantitative estimate of drug-likeness (QED) is 0.570. The number of para-hydroxylation sites is 2. The van der Waals surface area contributed by atoms with Gasteiger partial charge in [0.05, 0.1) is 22.9 Å². The Hall–Kier alpha value is -3.58. The number of hydrogen-bond donors (Lipinski definition) is 1. The van der Waals surface area contributed by atoms with Crippen LogP contribution in [-0.2, 0) is 6.42 Å². The standard InChI is InChI=1S/C23H21N5O2/c29-22-13-27(23(30)19-6-2-4-8-21(19)28-15-24-14-26-28)12-17(22)11-16-9-10-25-20-7-3-1-5-18(16)20/h1-10,14-15,17,22,29H,11-13H2/t17-,22+/m1/s1. The van der Waals surface area contributed by atoms with E-state index < -0.39 is 6.10 Å². The minimum Gasteiger partial charge on any atom is -0.391 e. The molecule has 0 bridgehead atoms. The Labute approximate surface area is 173 Å². The zero-order valence-electron chi connectivity index (χ0n) is 16.3. The third-order valence-corrected chi connectivity index (χ3v) is 5.72. The third kappa shape index (κ3) is 3.33. The molecule has 4 aromatic rings. The predicted octanol–water partition coefficient (Wildman–Crippen LogP) is 2.49. The summed E-state index contributed by atoms with van der Waals surface area (Å²) in [5, 5.41) is 15.9. The summed E-state index contributed by atoms with van der Waals surface area (Å²) >= 11 is 0. The fourth-order valence-electron chi connectivity index (χ4n) is 4.19. The van der Waals surface area contributed by atoms with Crippen molar-refractivity contribution < 1.29 is 9.90 Å². The van der Waals surface area contributed by atoms with Gasteiger partial charge in [-0.25, -0.2) is 9.67 Å². The van der Waals surface area contributed by atoms with E-state index in [1.54, 1.807) is 28.2 Å². The lowest BCUT2D eigenvalue weighted by atomic mass is 9.94. The number of fused-ring (bicyclic) bond motifs is 1. The Balaban J connectivity index is 1.38. The van der Waals surface area contributed by atoms with Crippen molar-refractivity contribution in [3.8, 4) is 5.69 Å². The highest BCUT2D eigenvalue weighted by molar-refractivity contribution is 5.98. The maximum absolute atomic E-state index is 13.3. The molecule has 0 aliphatic carbocycles. The van der Waals surface area contributed by atoms with E-state index >= 15 is 0 Å². The summed E-state index contributed by atoms with van der Waals surface area (Å²) in [5.41, 5.74) is 3.31. The van der Waals surface area contributed by atoms with E-state index in [2.05, 4.69) is 21.1 Å². The number of carbonyl (C=O) groups excluding carboxylic acids is 1. The van der Waals surface area contributed by atoms with Crippen molar-refractivity contribution in [2.45, 2.75) is 12.5 Å². The summed E-state index contributed by atoms with van der Waals surface area (Å²) < 4.78 is 1.58. The molecule has 2 aromatic carbocycles. The van der Waals surface area contributed by atoms with Gasteiger partial charge in [-0.1, -0.05) is 30.3 Å². The van der Waals surface area contributed by atoms with Crippen molar-refractivity contribution in [3.05, 3.63) is 84.6 Å². The van der Waals surface area contributed by atoms with Gasteiger partial charge in [-0.15, -0.1) is 0 Å². The molecule has 7 heteroatoms. The molecule has 0 unspecified atom stereocenters. The number of benzene rings is 2. The second-order valence-corrected chi connectivity index (χ2v) is 7.59. The summed E-state index contributed by atoms with van der Waals surface area (Å²) in [6.45, 7) is 0.820. The van der Waals surface area contributed by atoms with Gasteiger partial charge in [0.1, 0.15) is 12.7 Å².